The van der Waals surface area contributed by atoms with E-state index in [9.17, 15) is 8.42 Å². The molecule has 0 aliphatic rings. The first kappa shape index (κ1) is 20.2. The summed E-state index contributed by atoms with van der Waals surface area (Å²) in [7, 11) is -2.05. The van der Waals surface area contributed by atoms with Crippen LogP contribution in [0.2, 0.25) is 0 Å². The van der Waals surface area contributed by atoms with Gasteiger partial charge in [-0.1, -0.05) is 13.8 Å². The molecule has 0 fully saturated rings. The van der Waals surface area contributed by atoms with Crippen molar-refractivity contribution in [3.8, 4) is 5.75 Å². The lowest BCUT2D eigenvalue weighted by Crippen LogP contribution is -2.51. The molecule has 1 atom stereocenters. The van der Waals surface area contributed by atoms with Gasteiger partial charge in [-0.25, -0.2) is 13.1 Å². The molecule has 0 saturated heterocycles. The van der Waals surface area contributed by atoms with Crippen LogP contribution in [0.5, 0.6) is 5.75 Å². The van der Waals surface area contributed by atoms with Crippen LogP contribution in [0.15, 0.2) is 29.2 Å². The molecule has 0 aliphatic carbocycles. The summed E-state index contributed by atoms with van der Waals surface area (Å²) in [6, 6.07) is 6.29. The minimum absolute atomic E-state index is 0. The monoisotopic (exact) mass is 336 g/mol. The van der Waals surface area contributed by atoms with Gasteiger partial charge in [-0.15, -0.1) is 12.4 Å². The maximum Gasteiger partial charge on any atom is 0.241 e. The van der Waals surface area contributed by atoms with Crippen molar-refractivity contribution < 1.29 is 13.2 Å². The second-order valence-electron chi connectivity index (χ2n) is 5.64. The standard InChI is InChI=1S/C14H24N2O3S.ClH/c1-11(2)9-14(3,10-15)16-20(17,18)13-7-5-12(19-4)6-8-13;/h5-8,11,16H,9-10,15H2,1-4H3;1H. The molecule has 1 aromatic rings. The maximum absolute atomic E-state index is 12.4. The Morgan fingerprint density at radius 1 is 1.29 bits per heavy atom. The molecule has 0 bridgehead atoms. The Labute approximate surface area is 133 Å². The van der Waals surface area contributed by atoms with Crippen LogP contribution in [0.3, 0.4) is 0 Å². The minimum atomic E-state index is -3.59. The second kappa shape index (κ2) is 7.98. The number of hydrogen-bond donors (Lipinski definition) is 2. The van der Waals surface area contributed by atoms with Gasteiger partial charge in [-0.05, 0) is 43.5 Å². The molecule has 0 saturated carbocycles. The molecular weight excluding hydrogens is 312 g/mol. The third kappa shape index (κ3) is 5.82. The molecule has 0 aliphatic heterocycles. The summed E-state index contributed by atoms with van der Waals surface area (Å²) in [5.74, 6) is 0.967. The van der Waals surface area contributed by atoms with Gasteiger partial charge in [0.1, 0.15) is 5.75 Å². The van der Waals surface area contributed by atoms with Crippen molar-refractivity contribution in [2.24, 2.45) is 11.7 Å². The zero-order valence-electron chi connectivity index (χ0n) is 12.9. The van der Waals surface area contributed by atoms with Gasteiger partial charge in [-0.2, -0.15) is 0 Å². The Morgan fingerprint density at radius 2 is 1.81 bits per heavy atom. The van der Waals surface area contributed by atoms with Crippen LogP contribution in [0.25, 0.3) is 0 Å². The van der Waals surface area contributed by atoms with Crippen LogP contribution in [0, 0.1) is 5.92 Å². The van der Waals surface area contributed by atoms with Gasteiger partial charge in [0.25, 0.3) is 0 Å². The van der Waals surface area contributed by atoms with E-state index >= 15 is 0 Å². The van der Waals surface area contributed by atoms with E-state index in [1.54, 1.807) is 12.1 Å². The highest BCUT2D eigenvalue weighted by atomic mass is 35.5. The van der Waals surface area contributed by atoms with E-state index in [-0.39, 0.29) is 23.8 Å². The molecule has 0 amide bonds. The highest BCUT2D eigenvalue weighted by Crippen LogP contribution is 2.21. The van der Waals surface area contributed by atoms with E-state index in [0.717, 1.165) is 0 Å². The largest absolute Gasteiger partial charge is 0.497 e. The van der Waals surface area contributed by atoms with Crippen molar-refractivity contribution >= 4 is 22.4 Å². The second-order valence-corrected chi connectivity index (χ2v) is 7.33. The molecule has 122 valence electrons. The summed E-state index contributed by atoms with van der Waals surface area (Å²) in [6.45, 7) is 6.15. The van der Waals surface area contributed by atoms with Crippen molar-refractivity contribution in [2.75, 3.05) is 13.7 Å². The molecule has 1 aromatic carbocycles. The predicted molar refractivity (Wildman–Crippen MR) is 87.5 cm³/mol. The first-order valence-corrected chi connectivity index (χ1v) is 8.09. The van der Waals surface area contributed by atoms with Crippen molar-refractivity contribution in [3.63, 3.8) is 0 Å². The zero-order chi connectivity index (χ0) is 15.4. The van der Waals surface area contributed by atoms with Gasteiger partial charge in [-0.3, -0.25) is 0 Å². The summed E-state index contributed by atoms with van der Waals surface area (Å²) in [6.07, 6.45) is 0.679. The average Bonchev–Trinajstić information content (AvgIpc) is 2.37. The molecule has 0 heterocycles. The fourth-order valence-electron chi connectivity index (χ4n) is 2.21. The summed E-state index contributed by atoms with van der Waals surface area (Å²) in [5.41, 5.74) is 5.09. The molecule has 5 nitrogen and oxygen atoms in total. The van der Waals surface area contributed by atoms with Crippen LogP contribution in [-0.4, -0.2) is 27.6 Å². The van der Waals surface area contributed by atoms with E-state index < -0.39 is 15.6 Å². The van der Waals surface area contributed by atoms with Crippen LogP contribution in [0.4, 0.5) is 0 Å². The molecule has 1 unspecified atom stereocenters. The molecule has 0 radical (unpaired) electrons. The number of halogens is 1. The van der Waals surface area contributed by atoms with Crippen LogP contribution in [0.1, 0.15) is 27.2 Å². The smallest absolute Gasteiger partial charge is 0.241 e. The molecular formula is C14H25ClN2O3S. The van der Waals surface area contributed by atoms with E-state index in [1.807, 2.05) is 20.8 Å². The number of benzene rings is 1. The van der Waals surface area contributed by atoms with E-state index in [0.29, 0.717) is 18.1 Å². The molecule has 1 rings (SSSR count). The quantitative estimate of drug-likeness (QED) is 0.799. The fourth-order valence-corrected chi connectivity index (χ4v) is 3.63. The van der Waals surface area contributed by atoms with E-state index in [2.05, 4.69) is 4.72 Å². The number of hydrogen-bond acceptors (Lipinski definition) is 4. The topological polar surface area (TPSA) is 81.4 Å². The van der Waals surface area contributed by atoms with Crippen molar-refractivity contribution in [3.05, 3.63) is 24.3 Å². The molecule has 0 spiro atoms. The Kier molecular flexibility index (Phi) is 7.67. The van der Waals surface area contributed by atoms with E-state index in [4.69, 9.17) is 10.5 Å². The van der Waals surface area contributed by atoms with Gasteiger partial charge in [0, 0.05) is 12.1 Å². The van der Waals surface area contributed by atoms with Gasteiger partial charge in [0.05, 0.1) is 12.0 Å². The van der Waals surface area contributed by atoms with E-state index in [1.165, 1.54) is 19.2 Å². The number of ether oxygens (including phenoxy) is 1. The maximum atomic E-state index is 12.4. The molecule has 0 aromatic heterocycles. The predicted octanol–water partition coefficient (Wildman–Crippen LogP) is 2.16. The molecule has 7 heteroatoms. The van der Waals surface area contributed by atoms with Crippen molar-refractivity contribution in [2.45, 2.75) is 37.6 Å². The first-order valence-electron chi connectivity index (χ1n) is 6.60. The first-order chi connectivity index (χ1) is 9.22. The lowest BCUT2D eigenvalue weighted by Gasteiger charge is -2.30. The highest BCUT2D eigenvalue weighted by molar-refractivity contribution is 7.89. The zero-order valence-corrected chi connectivity index (χ0v) is 14.6. The molecule has 3 N–H and O–H groups in total. The number of nitrogens with one attached hydrogen (secondary N) is 1. The van der Waals surface area contributed by atoms with Gasteiger partial charge in [0.15, 0.2) is 0 Å². The number of methoxy groups -OCH3 is 1. The summed E-state index contributed by atoms with van der Waals surface area (Å²) in [5, 5.41) is 0. The Hall–Kier alpha value is -0.820. The minimum Gasteiger partial charge on any atom is -0.497 e. The summed E-state index contributed by atoms with van der Waals surface area (Å²) >= 11 is 0. The number of rotatable bonds is 7. The fraction of sp³-hybridized carbons (Fsp3) is 0.571. The average molecular weight is 337 g/mol. The highest BCUT2D eigenvalue weighted by Gasteiger charge is 2.30. The summed E-state index contributed by atoms with van der Waals surface area (Å²) in [4.78, 5) is 0.210. The number of nitrogens with two attached hydrogens (primary N) is 1. The number of sulfonamides is 1. The van der Waals surface area contributed by atoms with Crippen LogP contribution >= 0.6 is 12.4 Å². The lowest BCUT2D eigenvalue weighted by molar-refractivity contribution is 0.344. The SMILES string of the molecule is COc1ccc(S(=O)(=O)NC(C)(CN)CC(C)C)cc1.Cl. The Balaban J connectivity index is 0.00000400. The van der Waals surface area contributed by atoms with Crippen molar-refractivity contribution in [1.82, 2.24) is 4.72 Å². The Morgan fingerprint density at radius 3 is 2.19 bits per heavy atom. The van der Waals surface area contributed by atoms with Crippen LogP contribution < -0.4 is 15.2 Å². The third-order valence-corrected chi connectivity index (χ3v) is 4.71. The normalized spacial score (nSPS) is 14.4. The van der Waals surface area contributed by atoms with Crippen molar-refractivity contribution in [1.29, 1.82) is 0 Å². The van der Waals surface area contributed by atoms with Crippen LogP contribution in [-0.2, 0) is 10.0 Å². The lowest BCUT2D eigenvalue weighted by atomic mass is 9.92. The van der Waals surface area contributed by atoms with Gasteiger partial charge in [0.2, 0.25) is 10.0 Å². The Bertz CT molecular complexity index is 532. The summed E-state index contributed by atoms with van der Waals surface area (Å²) < 4.78 is 32.5. The molecule has 21 heavy (non-hydrogen) atoms. The third-order valence-electron chi connectivity index (χ3n) is 3.06. The van der Waals surface area contributed by atoms with Gasteiger partial charge < -0.3 is 10.5 Å². The van der Waals surface area contributed by atoms with Gasteiger partial charge >= 0.3 is 0 Å².